The van der Waals surface area contributed by atoms with Crippen LogP contribution in [0.2, 0.25) is 5.02 Å². The molecule has 2 aromatic rings. The Balaban J connectivity index is 1.87. The van der Waals surface area contributed by atoms with E-state index in [-0.39, 0.29) is 11.9 Å². The highest BCUT2D eigenvalue weighted by Gasteiger charge is 2.31. The quantitative estimate of drug-likeness (QED) is 0.844. The Bertz CT molecular complexity index is 585. The zero-order valence-corrected chi connectivity index (χ0v) is 11.8. The second-order valence-electron chi connectivity index (χ2n) is 4.57. The number of carbonyl (C=O) groups is 1. The van der Waals surface area contributed by atoms with Gasteiger partial charge in [0.1, 0.15) is 5.69 Å². The summed E-state index contributed by atoms with van der Waals surface area (Å²) in [7, 11) is 0. The number of carbonyl (C=O) groups excluding carboxylic acids is 1. The molecule has 2 aromatic heterocycles. The van der Waals surface area contributed by atoms with E-state index in [1.807, 2.05) is 10.3 Å². The maximum atomic E-state index is 12.5. The molecule has 19 heavy (non-hydrogen) atoms. The Labute approximate surface area is 120 Å². The smallest absolute Gasteiger partial charge is 0.273 e. The summed E-state index contributed by atoms with van der Waals surface area (Å²) in [5, 5.41) is 4.71. The van der Waals surface area contributed by atoms with Gasteiger partial charge in [0.2, 0.25) is 0 Å². The van der Waals surface area contributed by atoms with Crippen molar-refractivity contribution in [3.8, 4) is 0 Å². The van der Waals surface area contributed by atoms with Gasteiger partial charge in [0.25, 0.3) is 5.91 Å². The van der Waals surface area contributed by atoms with Crippen LogP contribution in [-0.2, 0) is 0 Å². The molecular formula is C14H13ClN2OS. The van der Waals surface area contributed by atoms with Gasteiger partial charge in [0, 0.05) is 17.8 Å². The molecule has 0 aromatic carbocycles. The van der Waals surface area contributed by atoms with E-state index in [0.717, 1.165) is 19.4 Å². The van der Waals surface area contributed by atoms with Gasteiger partial charge in [-0.2, -0.15) is 11.3 Å². The van der Waals surface area contributed by atoms with Crippen LogP contribution in [0.4, 0.5) is 0 Å². The summed E-state index contributed by atoms with van der Waals surface area (Å²) in [5.41, 5.74) is 1.65. The molecule has 0 saturated carbocycles. The molecule has 1 amide bonds. The molecule has 98 valence electrons. The number of hydrogen-bond acceptors (Lipinski definition) is 3. The van der Waals surface area contributed by atoms with Gasteiger partial charge in [-0.15, -0.1) is 0 Å². The molecule has 1 atom stereocenters. The van der Waals surface area contributed by atoms with Crippen molar-refractivity contribution in [2.45, 2.75) is 18.9 Å². The van der Waals surface area contributed by atoms with Crippen LogP contribution in [-0.4, -0.2) is 22.3 Å². The second-order valence-corrected chi connectivity index (χ2v) is 5.79. The van der Waals surface area contributed by atoms with E-state index in [9.17, 15) is 4.79 Å². The van der Waals surface area contributed by atoms with Crippen molar-refractivity contribution in [2.75, 3.05) is 6.54 Å². The molecule has 3 rings (SSSR count). The molecule has 3 nitrogen and oxygen atoms in total. The molecule has 0 spiro atoms. The second kappa shape index (κ2) is 5.31. The molecule has 1 aliphatic rings. The highest BCUT2D eigenvalue weighted by Crippen LogP contribution is 2.34. The van der Waals surface area contributed by atoms with Crippen LogP contribution in [0.25, 0.3) is 0 Å². The van der Waals surface area contributed by atoms with Gasteiger partial charge in [0.15, 0.2) is 0 Å². The number of halogens is 1. The van der Waals surface area contributed by atoms with E-state index in [0.29, 0.717) is 10.7 Å². The fourth-order valence-corrected chi connectivity index (χ4v) is 3.36. The van der Waals surface area contributed by atoms with Gasteiger partial charge in [-0.25, -0.2) is 0 Å². The van der Waals surface area contributed by atoms with Crippen molar-refractivity contribution < 1.29 is 4.79 Å². The number of aromatic nitrogens is 1. The van der Waals surface area contributed by atoms with Crippen LogP contribution in [0.1, 0.15) is 34.9 Å². The summed E-state index contributed by atoms with van der Waals surface area (Å²) >= 11 is 7.59. The first-order chi connectivity index (χ1) is 9.25. The van der Waals surface area contributed by atoms with Gasteiger partial charge >= 0.3 is 0 Å². The van der Waals surface area contributed by atoms with Crippen molar-refractivity contribution in [2.24, 2.45) is 0 Å². The Hall–Kier alpha value is -1.39. The van der Waals surface area contributed by atoms with Crippen LogP contribution in [0.15, 0.2) is 35.2 Å². The van der Waals surface area contributed by atoms with Crippen molar-refractivity contribution in [3.63, 3.8) is 0 Å². The van der Waals surface area contributed by atoms with Gasteiger partial charge in [-0.1, -0.05) is 11.6 Å². The van der Waals surface area contributed by atoms with Gasteiger partial charge < -0.3 is 4.90 Å². The maximum Gasteiger partial charge on any atom is 0.273 e. The lowest BCUT2D eigenvalue weighted by molar-refractivity contribution is 0.0730. The Kier molecular flexibility index (Phi) is 3.53. The van der Waals surface area contributed by atoms with Crippen molar-refractivity contribution in [3.05, 3.63) is 51.4 Å². The van der Waals surface area contributed by atoms with Crippen molar-refractivity contribution >= 4 is 28.8 Å². The Morgan fingerprint density at radius 2 is 2.37 bits per heavy atom. The molecule has 1 saturated heterocycles. The largest absolute Gasteiger partial charge is 0.330 e. The molecule has 0 aliphatic carbocycles. The third-order valence-electron chi connectivity index (χ3n) is 3.38. The number of hydrogen-bond donors (Lipinski definition) is 0. The van der Waals surface area contributed by atoms with Crippen molar-refractivity contribution in [1.29, 1.82) is 0 Å². The van der Waals surface area contributed by atoms with Crippen LogP contribution < -0.4 is 0 Å². The molecule has 1 aliphatic heterocycles. The van der Waals surface area contributed by atoms with E-state index >= 15 is 0 Å². The number of pyridine rings is 1. The lowest BCUT2D eigenvalue weighted by Gasteiger charge is -2.23. The highest BCUT2D eigenvalue weighted by atomic mass is 35.5. The first-order valence-electron chi connectivity index (χ1n) is 6.20. The molecule has 0 bridgehead atoms. The monoisotopic (exact) mass is 292 g/mol. The fraction of sp³-hybridized carbons (Fsp3) is 0.286. The van der Waals surface area contributed by atoms with E-state index in [1.54, 1.807) is 29.7 Å². The van der Waals surface area contributed by atoms with E-state index in [4.69, 9.17) is 11.6 Å². The molecule has 0 radical (unpaired) electrons. The fourth-order valence-electron chi connectivity index (χ4n) is 2.49. The summed E-state index contributed by atoms with van der Waals surface area (Å²) in [6.07, 6.45) is 3.63. The zero-order chi connectivity index (χ0) is 13.2. The Morgan fingerprint density at radius 3 is 3.11 bits per heavy atom. The summed E-state index contributed by atoms with van der Waals surface area (Å²) in [6.45, 7) is 0.785. The minimum Gasteiger partial charge on any atom is -0.330 e. The SMILES string of the molecule is O=C(c1cc(Cl)ccn1)N1CCC[C@@H]1c1ccsc1. The van der Waals surface area contributed by atoms with Crippen LogP contribution in [0.3, 0.4) is 0 Å². The summed E-state index contributed by atoms with van der Waals surface area (Å²) in [4.78, 5) is 18.5. The topological polar surface area (TPSA) is 33.2 Å². The minimum absolute atomic E-state index is 0.0313. The van der Waals surface area contributed by atoms with Gasteiger partial charge in [0.05, 0.1) is 6.04 Å². The van der Waals surface area contributed by atoms with Gasteiger partial charge in [-0.05, 0) is 47.4 Å². The van der Waals surface area contributed by atoms with Crippen LogP contribution >= 0.6 is 22.9 Å². The maximum absolute atomic E-state index is 12.5. The predicted octanol–water partition coefficient (Wildman–Crippen LogP) is 3.77. The standard InChI is InChI=1S/C14H13ClN2OS/c15-11-3-5-16-12(8-11)14(18)17-6-1-2-13(17)10-4-7-19-9-10/h3-5,7-9,13H,1-2,6H2/t13-/m1/s1. The Morgan fingerprint density at radius 1 is 1.47 bits per heavy atom. The van der Waals surface area contributed by atoms with Gasteiger partial charge in [-0.3, -0.25) is 9.78 Å². The average molecular weight is 293 g/mol. The zero-order valence-electron chi connectivity index (χ0n) is 10.3. The number of rotatable bonds is 2. The van der Waals surface area contributed by atoms with E-state index < -0.39 is 0 Å². The third-order valence-corrected chi connectivity index (χ3v) is 4.32. The number of amides is 1. The first kappa shape index (κ1) is 12.6. The molecule has 0 N–H and O–H groups in total. The summed E-state index contributed by atoms with van der Waals surface area (Å²) < 4.78 is 0. The lowest BCUT2D eigenvalue weighted by Crippen LogP contribution is -2.31. The lowest BCUT2D eigenvalue weighted by atomic mass is 10.1. The number of thiophene rings is 1. The summed E-state index contributed by atoms with van der Waals surface area (Å²) in [5.74, 6) is -0.0313. The predicted molar refractivity (Wildman–Crippen MR) is 76.6 cm³/mol. The molecule has 5 heteroatoms. The molecule has 3 heterocycles. The molecule has 1 fully saturated rings. The highest BCUT2D eigenvalue weighted by molar-refractivity contribution is 7.08. The number of nitrogens with zero attached hydrogens (tertiary/aromatic N) is 2. The van der Waals surface area contributed by atoms with E-state index in [2.05, 4.69) is 16.4 Å². The van der Waals surface area contributed by atoms with Crippen molar-refractivity contribution in [1.82, 2.24) is 9.88 Å². The molecular weight excluding hydrogens is 280 g/mol. The van der Waals surface area contributed by atoms with E-state index in [1.165, 1.54) is 5.56 Å². The number of likely N-dealkylation sites (tertiary alicyclic amines) is 1. The minimum atomic E-state index is -0.0313. The molecule has 0 unspecified atom stereocenters. The first-order valence-corrected chi connectivity index (χ1v) is 7.52. The average Bonchev–Trinajstić information content (AvgIpc) is 3.08. The van der Waals surface area contributed by atoms with Crippen LogP contribution in [0.5, 0.6) is 0 Å². The summed E-state index contributed by atoms with van der Waals surface area (Å²) in [6, 6.07) is 5.58. The third kappa shape index (κ3) is 2.51. The normalized spacial score (nSPS) is 18.8. The van der Waals surface area contributed by atoms with Crippen LogP contribution in [0, 0.1) is 0 Å².